The molecule has 94 valence electrons. The fourth-order valence-corrected chi connectivity index (χ4v) is 2.53. The summed E-state index contributed by atoms with van der Waals surface area (Å²) in [7, 11) is 0. The molecule has 1 aromatic rings. The molecule has 1 fully saturated rings. The van der Waals surface area contributed by atoms with Crippen molar-refractivity contribution >= 4 is 0 Å². The van der Waals surface area contributed by atoms with Crippen molar-refractivity contribution in [2.45, 2.75) is 51.2 Å². The van der Waals surface area contributed by atoms with E-state index < -0.39 is 0 Å². The second-order valence-corrected chi connectivity index (χ2v) is 5.19. The van der Waals surface area contributed by atoms with E-state index in [-0.39, 0.29) is 6.10 Å². The largest absolute Gasteiger partial charge is 0.392 e. The quantitative estimate of drug-likeness (QED) is 0.819. The Balaban J connectivity index is 1.77. The van der Waals surface area contributed by atoms with Crippen molar-refractivity contribution in [3.05, 3.63) is 35.4 Å². The molecule has 0 radical (unpaired) electrons. The molecule has 2 nitrogen and oxygen atoms in total. The minimum Gasteiger partial charge on any atom is -0.392 e. The van der Waals surface area contributed by atoms with Gasteiger partial charge in [0.05, 0.1) is 6.10 Å². The van der Waals surface area contributed by atoms with Gasteiger partial charge in [0.15, 0.2) is 0 Å². The van der Waals surface area contributed by atoms with Gasteiger partial charge >= 0.3 is 0 Å². The summed E-state index contributed by atoms with van der Waals surface area (Å²) in [4.78, 5) is 0. The van der Waals surface area contributed by atoms with Gasteiger partial charge in [-0.25, -0.2) is 0 Å². The predicted molar refractivity (Wildman–Crippen MR) is 71.2 cm³/mol. The Kier molecular flexibility index (Phi) is 4.19. The van der Waals surface area contributed by atoms with Crippen LogP contribution in [-0.2, 0) is 0 Å². The zero-order valence-electron chi connectivity index (χ0n) is 10.8. The van der Waals surface area contributed by atoms with Crippen LogP contribution in [0.25, 0.3) is 0 Å². The van der Waals surface area contributed by atoms with E-state index in [4.69, 9.17) is 0 Å². The van der Waals surface area contributed by atoms with E-state index >= 15 is 0 Å². The Morgan fingerprint density at radius 3 is 2.71 bits per heavy atom. The van der Waals surface area contributed by atoms with Gasteiger partial charge in [-0.3, -0.25) is 0 Å². The molecule has 1 saturated carbocycles. The number of benzene rings is 1. The summed E-state index contributed by atoms with van der Waals surface area (Å²) in [5.41, 5.74) is 2.91. The van der Waals surface area contributed by atoms with Crippen molar-refractivity contribution in [2.24, 2.45) is 0 Å². The first kappa shape index (κ1) is 12.6. The number of hydrogen-bond acceptors (Lipinski definition) is 2. The van der Waals surface area contributed by atoms with Crippen molar-refractivity contribution in [3.63, 3.8) is 0 Å². The molecule has 1 aliphatic rings. The van der Waals surface area contributed by atoms with Crippen LogP contribution < -0.4 is 5.32 Å². The average molecular weight is 233 g/mol. The number of hydrogen-bond donors (Lipinski definition) is 2. The molecule has 0 aliphatic heterocycles. The summed E-state index contributed by atoms with van der Waals surface area (Å²) in [6.45, 7) is 4.95. The minimum atomic E-state index is -0.187. The Hall–Kier alpha value is -0.860. The lowest BCUT2D eigenvalue weighted by Gasteiger charge is -2.37. The first-order valence-electron chi connectivity index (χ1n) is 6.67. The molecule has 2 heteroatoms. The number of nitrogens with one attached hydrogen (secondary N) is 1. The number of aliphatic hydroxyl groups is 1. The highest BCUT2D eigenvalue weighted by Gasteiger charge is 2.30. The summed E-state index contributed by atoms with van der Waals surface area (Å²) in [5, 5.41) is 12.9. The van der Waals surface area contributed by atoms with Crippen molar-refractivity contribution < 1.29 is 5.11 Å². The third-order valence-corrected chi connectivity index (χ3v) is 3.88. The average Bonchev–Trinajstić information content (AvgIpc) is 2.28. The lowest BCUT2D eigenvalue weighted by Crippen LogP contribution is -2.43. The monoisotopic (exact) mass is 233 g/mol. The van der Waals surface area contributed by atoms with E-state index in [2.05, 4.69) is 36.5 Å². The Labute approximate surface area is 104 Å². The van der Waals surface area contributed by atoms with Gasteiger partial charge in [-0.2, -0.15) is 0 Å². The van der Waals surface area contributed by atoms with E-state index in [9.17, 15) is 5.11 Å². The van der Waals surface area contributed by atoms with E-state index in [1.54, 1.807) is 0 Å². The molecule has 0 amide bonds. The van der Waals surface area contributed by atoms with Gasteiger partial charge in [-0.05, 0) is 43.2 Å². The third kappa shape index (κ3) is 3.08. The Bertz CT molecular complexity index is 358. The smallest absolute Gasteiger partial charge is 0.0662 e. The molecule has 0 heterocycles. The summed E-state index contributed by atoms with van der Waals surface area (Å²) in [5.74, 6) is 0.715. The van der Waals surface area contributed by atoms with E-state index in [1.165, 1.54) is 24.0 Å². The topological polar surface area (TPSA) is 32.3 Å². The molecule has 2 N–H and O–H groups in total. The lowest BCUT2D eigenvalue weighted by molar-refractivity contribution is 0.151. The molecule has 2 rings (SSSR count). The van der Waals surface area contributed by atoms with E-state index in [0.29, 0.717) is 12.0 Å². The highest BCUT2D eigenvalue weighted by molar-refractivity contribution is 5.31. The number of aliphatic hydroxyl groups excluding tert-OH is 1. The van der Waals surface area contributed by atoms with Gasteiger partial charge in [0.2, 0.25) is 0 Å². The maximum absolute atomic E-state index is 9.49. The first-order valence-corrected chi connectivity index (χ1v) is 6.67. The van der Waals surface area contributed by atoms with Gasteiger partial charge in [0, 0.05) is 12.6 Å². The molecule has 0 bridgehead atoms. The van der Waals surface area contributed by atoms with Crippen molar-refractivity contribution in [2.75, 3.05) is 6.54 Å². The number of aryl methyl sites for hydroxylation is 1. The van der Waals surface area contributed by atoms with Crippen LogP contribution in [0.2, 0.25) is 0 Å². The maximum Gasteiger partial charge on any atom is 0.0662 e. The molecule has 0 spiro atoms. The molecular weight excluding hydrogens is 210 g/mol. The second-order valence-electron chi connectivity index (χ2n) is 5.19. The molecule has 17 heavy (non-hydrogen) atoms. The Morgan fingerprint density at radius 2 is 2.06 bits per heavy atom. The first-order chi connectivity index (χ1) is 8.20. The van der Waals surface area contributed by atoms with Gasteiger partial charge in [-0.15, -0.1) is 0 Å². The van der Waals surface area contributed by atoms with E-state index in [0.717, 1.165) is 13.0 Å². The molecule has 0 saturated heterocycles. The van der Waals surface area contributed by atoms with Gasteiger partial charge in [0.25, 0.3) is 0 Å². The van der Waals surface area contributed by atoms with Crippen molar-refractivity contribution in [3.8, 4) is 0 Å². The summed E-state index contributed by atoms with van der Waals surface area (Å²) in [6.07, 6.45) is 3.07. The Morgan fingerprint density at radius 1 is 1.35 bits per heavy atom. The summed E-state index contributed by atoms with van der Waals surface area (Å²) in [6, 6.07) is 9.27. The van der Waals surface area contributed by atoms with Crippen LogP contribution in [0.5, 0.6) is 0 Å². The van der Waals surface area contributed by atoms with Crippen molar-refractivity contribution in [1.82, 2.24) is 5.32 Å². The fourth-order valence-electron chi connectivity index (χ4n) is 2.53. The molecule has 0 aromatic heterocycles. The SMILES string of the molecule is CCC(O)CNC1CC(c2ccccc2C)C1. The molecular formula is C15H23NO. The van der Waals surface area contributed by atoms with Crippen LogP contribution in [-0.4, -0.2) is 23.8 Å². The highest BCUT2D eigenvalue weighted by Crippen LogP contribution is 2.38. The van der Waals surface area contributed by atoms with Gasteiger partial charge < -0.3 is 10.4 Å². The molecule has 1 unspecified atom stereocenters. The molecule has 1 atom stereocenters. The number of rotatable bonds is 5. The van der Waals surface area contributed by atoms with Crippen LogP contribution in [0.1, 0.15) is 43.2 Å². The lowest BCUT2D eigenvalue weighted by atomic mass is 9.74. The van der Waals surface area contributed by atoms with Crippen LogP contribution in [0, 0.1) is 6.92 Å². The summed E-state index contributed by atoms with van der Waals surface area (Å²) >= 11 is 0. The zero-order valence-corrected chi connectivity index (χ0v) is 10.8. The zero-order chi connectivity index (χ0) is 12.3. The minimum absolute atomic E-state index is 0.187. The molecule has 1 aromatic carbocycles. The second kappa shape index (κ2) is 5.65. The van der Waals surface area contributed by atoms with Gasteiger partial charge in [-0.1, -0.05) is 31.2 Å². The highest BCUT2D eigenvalue weighted by atomic mass is 16.3. The van der Waals surface area contributed by atoms with Crippen LogP contribution in [0.15, 0.2) is 24.3 Å². The normalized spacial score (nSPS) is 25.4. The van der Waals surface area contributed by atoms with Crippen LogP contribution >= 0.6 is 0 Å². The summed E-state index contributed by atoms with van der Waals surface area (Å²) < 4.78 is 0. The van der Waals surface area contributed by atoms with E-state index in [1.807, 2.05) is 6.92 Å². The molecule has 1 aliphatic carbocycles. The fraction of sp³-hybridized carbons (Fsp3) is 0.600. The van der Waals surface area contributed by atoms with Crippen molar-refractivity contribution in [1.29, 1.82) is 0 Å². The maximum atomic E-state index is 9.49. The van der Waals surface area contributed by atoms with Crippen LogP contribution in [0.3, 0.4) is 0 Å². The third-order valence-electron chi connectivity index (χ3n) is 3.88. The standard InChI is InChI=1S/C15H23NO/c1-3-14(17)10-16-13-8-12(9-13)15-7-5-4-6-11(15)2/h4-7,12-14,16-17H,3,8-10H2,1-2H3. The van der Waals surface area contributed by atoms with Gasteiger partial charge in [0.1, 0.15) is 0 Å². The predicted octanol–water partition coefficient (Wildman–Crippen LogP) is 2.60. The van der Waals surface area contributed by atoms with Crippen LogP contribution in [0.4, 0.5) is 0 Å².